The molecule has 0 saturated carbocycles. The fourth-order valence-electron chi connectivity index (χ4n) is 2.40. The third-order valence-corrected chi connectivity index (χ3v) is 5.76. The van der Waals surface area contributed by atoms with Crippen LogP contribution in [0.1, 0.15) is 36.2 Å². The molecular formula is C20H26N2O4S. The van der Waals surface area contributed by atoms with Gasteiger partial charge in [-0.05, 0) is 61.7 Å². The number of amides is 1. The Kier molecular flexibility index (Phi) is 7.38. The SMILES string of the molecule is CCC(C)NC(=O)c1ccc(S(=O)(=O)NCCc2ccc(OC)cc2)cc1. The van der Waals surface area contributed by atoms with E-state index in [-0.39, 0.29) is 23.4 Å². The molecule has 146 valence electrons. The Morgan fingerprint density at radius 3 is 2.26 bits per heavy atom. The largest absolute Gasteiger partial charge is 0.497 e. The molecule has 0 fully saturated rings. The number of nitrogens with one attached hydrogen (secondary N) is 2. The first-order valence-electron chi connectivity index (χ1n) is 8.89. The molecular weight excluding hydrogens is 364 g/mol. The number of hydrogen-bond donors (Lipinski definition) is 2. The van der Waals surface area contributed by atoms with Gasteiger partial charge in [0.15, 0.2) is 0 Å². The Labute approximate surface area is 161 Å². The minimum absolute atomic E-state index is 0.0699. The van der Waals surface area contributed by atoms with Crippen molar-refractivity contribution < 1.29 is 17.9 Å². The van der Waals surface area contributed by atoms with Gasteiger partial charge in [0, 0.05) is 18.2 Å². The van der Waals surface area contributed by atoms with Crippen molar-refractivity contribution in [2.75, 3.05) is 13.7 Å². The van der Waals surface area contributed by atoms with Gasteiger partial charge in [-0.25, -0.2) is 13.1 Å². The number of carbonyl (C=O) groups is 1. The summed E-state index contributed by atoms with van der Waals surface area (Å²) in [6.07, 6.45) is 1.40. The molecule has 2 aromatic rings. The number of hydrogen-bond acceptors (Lipinski definition) is 4. The summed E-state index contributed by atoms with van der Waals surface area (Å²) in [5.41, 5.74) is 1.45. The first-order chi connectivity index (χ1) is 12.9. The van der Waals surface area contributed by atoms with E-state index < -0.39 is 10.0 Å². The van der Waals surface area contributed by atoms with Crippen LogP contribution in [0.3, 0.4) is 0 Å². The molecule has 0 saturated heterocycles. The molecule has 0 spiro atoms. The van der Waals surface area contributed by atoms with Crippen molar-refractivity contribution in [3.63, 3.8) is 0 Å². The van der Waals surface area contributed by atoms with Gasteiger partial charge < -0.3 is 10.1 Å². The molecule has 1 atom stereocenters. The maximum Gasteiger partial charge on any atom is 0.251 e. The van der Waals surface area contributed by atoms with E-state index in [9.17, 15) is 13.2 Å². The molecule has 2 rings (SSSR count). The summed E-state index contributed by atoms with van der Waals surface area (Å²) in [5.74, 6) is 0.553. The van der Waals surface area contributed by atoms with Crippen LogP contribution in [0, 0.1) is 0 Å². The molecule has 0 heterocycles. The Morgan fingerprint density at radius 1 is 1.07 bits per heavy atom. The van der Waals surface area contributed by atoms with E-state index in [2.05, 4.69) is 10.0 Å². The molecule has 0 aliphatic carbocycles. The van der Waals surface area contributed by atoms with E-state index in [0.29, 0.717) is 12.0 Å². The van der Waals surface area contributed by atoms with Crippen LogP contribution in [-0.2, 0) is 16.4 Å². The van der Waals surface area contributed by atoms with Crippen LogP contribution in [0.15, 0.2) is 53.4 Å². The topological polar surface area (TPSA) is 84.5 Å². The zero-order valence-electron chi connectivity index (χ0n) is 15.9. The van der Waals surface area contributed by atoms with Crippen molar-refractivity contribution in [1.29, 1.82) is 0 Å². The van der Waals surface area contributed by atoms with E-state index in [4.69, 9.17) is 4.74 Å². The smallest absolute Gasteiger partial charge is 0.251 e. The van der Waals surface area contributed by atoms with Crippen LogP contribution in [0.2, 0.25) is 0 Å². The summed E-state index contributed by atoms with van der Waals surface area (Å²) >= 11 is 0. The second-order valence-electron chi connectivity index (χ2n) is 6.30. The van der Waals surface area contributed by atoms with Crippen molar-refractivity contribution >= 4 is 15.9 Å². The van der Waals surface area contributed by atoms with Gasteiger partial charge in [0.1, 0.15) is 5.75 Å². The summed E-state index contributed by atoms with van der Waals surface area (Å²) < 4.78 is 32.5. The van der Waals surface area contributed by atoms with Gasteiger partial charge in [-0.3, -0.25) is 4.79 Å². The second-order valence-corrected chi connectivity index (χ2v) is 8.07. The van der Waals surface area contributed by atoms with E-state index in [0.717, 1.165) is 17.7 Å². The zero-order chi connectivity index (χ0) is 19.9. The van der Waals surface area contributed by atoms with Gasteiger partial charge in [-0.2, -0.15) is 0 Å². The summed E-state index contributed by atoms with van der Waals surface area (Å²) in [6.45, 7) is 4.19. The molecule has 6 nitrogen and oxygen atoms in total. The molecule has 2 aromatic carbocycles. The number of rotatable bonds is 9. The first kappa shape index (κ1) is 20.9. The maximum atomic E-state index is 12.4. The fourth-order valence-corrected chi connectivity index (χ4v) is 3.43. The number of ether oxygens (including phenoxy) is 1. The highest BCUT2D eigenvalue weighted by Crippen LogP contribution is 2.13. The molecule has 27 heavy (non-hydrogen) atoms. The third-order valence-electron chi connectivity index (χ3n) is 4.28. The molecule has 0 aliphatic rings. The highest BCUT2D eigenvalue weighted by atomic mass is 32.2. The van der Waals surface area contributed by atoms with Gasteiger partial charge in [-0.15, -0.1) is 0 Å². The Balaban J connectivity index is 1.94. The zero-order valence-corrected chi connectivity index (χ0v) is 16.7. The fraction of sp³-hybridized carbons (Fsp3) is 0.350. The Bertz CT molecular complexity index is 847. The molecule has 0 aliphatic heterocycles. The minimum Gasteiger partial charge on any atom is -0.497 e. The van der Waals surface area contributed by atoms with Crippen molar-refractivity contribution in [2.45, 2.75) is 37.6 Å². The number of sulfonamides is 1. The van der Waals surface area contributed by atoms with Gasteiger partial charge in [0.25, 0.3) is 5.91 Å². The molecule has 7 heteroatoms. The average Bonchev–Trinajstić information content (AvgIpc) is 2.68. The van der Waals surface area contributed by atoms with E-state index in [1.807, 2.05) is 38.1 Å². The van der Waals surface area contributed by atoms with Crippen LogP contribution >= 0.6 is 0 Å². The van der Waals surface area contributed by atoms with E-state index in [1.54, 1.807) is 7.11 Å². The second kappa shape index (κ2) is 9.53. The van der Waals surface area contributed by atoms with Gasteiger partial charge in [0.2, 0.25) is 10.0 Å². The van der Waals surface area contributed by atoms with E-state index >= 15 is 0 Å². The molecule has 0 aromatic heterocycles. The minimum atomic E-state index is -3.62. The van der Waals surface area contributed by atoms with Crippen molar-refractivity contribution in [2.24, 2.45) is 0 Å². The van der Waals surface area contributed by atoms with Crippen molar-refractivity contribution in [3.05, 3.63) is 59.7 Å². The summed E-state index contributed by atoms with van der Waals surface area (Å²) in [4.78, 5) is 12.2. The molecule has 0 bridgehead atoms. The molecule has 1 amide bonds. The van der Waals surface area contributed by atoms with Gasteiger partial charge in [-0.1, -0.05) is 19.1 Å². The molecule has 0 radical (unpaired) electrons. The first-order valence-corrected chi connectivity index (χ1v) is 10.4. The number of carbonyl (C=O) groups excluding carboxylic acids is 1. The lowest BCUT2D eigenvalue weighted by molar-refractivity contribution is 0.0939. The predicted molar refractivity (Wildman–Crippen MR) is 106 cm³/mol. The van der Waals surface area contributed by atoms with Crippen molar-refractivity contribution in [1.82, 2.24) is 10.0 Å². The highest BCUT2D eigenvalue weighted by molar-refractivity contribution is 7.89. The quantitative estimate of drug-likeness (QED) is 0.689. The maximum absolute atomic E-state index is 12.4. The van der Waals surface area contributed by atoms with Crippen LogP contribution in [0.4, 0.5) is 0 Å². The lowest BCUT2D eigenvalue weighted by Crippen LogP contribution is -2.32. The van der Waals surface area contributed by atoms with Crippen molar-refractivity contribution in [3.8, 4) is 5.75 Å². The Morgan fingerprint density at radius 2 is 1.70 bits per heavy atom. The standard InChI is InChI=1S/C20H26N2O4S/c1-4-15(2)22-20(23)17-7-11-19(12-8-17)27(24,25)21-14-13-16-5-9-18(26-3)10-6-16/h5-12,15,21H,4,13-14H2,1-3H3,(H,22,23). The van der Waals surface area contributed by atoms with Crippen LogP contribution < -0.4 is 14.8 Å². The van der Waals surface area contributed by atoms with Gasteiger partial charge >= 0.3 is 0 Å². The Hall–Kier alpha value is -2.38. The third kappa shape index (κ3) is 6.08. The normalized spacial score (nSPS) is 12.4. The lowest BCUT2D eigenvalue weighted by Gasteiger charge is -2.12. The monoisotopic (exact) mass is 390 g/mol. The molecule has 2 N–H and O–H groups in total. The number of methoxy groups -OCH3 is 1. The predicted octanol–water partition coefficient (Wildman–Crippen LogP) is 2.74. The molecule has 1 unspecified atom stereocenters. The van der Waals surface area contributed by atoms with Gasteiger partial charge in [0.05, 0.1) is 12.0 Å². The van der Waals surface area contributed by atoms with Crippen LogP contribution in [0.5, 0.6) is 5.75 Å². The summed E-state index contributed by atoms with van der Waals surface area (Å²) in [7, 11) is -2.02. The highest BCUT2D eigenvalue weighted by Gasteiger charge is 2.15. The van der Waals surface area contributed by atoms with Crippen LogP contribution in [-0.4, -0.2) is 34.0 Å². The number of benzene rings is 2. The average molecular weight is 391 g/mol. The van der Waals surface area contributed by atoms with Crippen LogP contribution in [0.25, 0.3) is 0 Å². The van der Waals surface area contributed by atoms with E-state index in [1.165, 1.54) is 24.3 Å². The summed E-state index contributed by atoms with van der Waals surface area (Å²) in [5, 5.41) is 2.85. The lowest BCUT2D eigenvalue weighted by atomic mass is 10.1. The summed E-state index contributed by atoms with van der Waals surface area (Å²) in [6, 6.07) is 13.5.